The van der Waals surface area contributed by atoms with E-state index < -0.39 is 11.5 Å². The molecular formula is C9H8BrNO3. The molecule has 5 heteroatoms. The number of nitrogens with one attached hydrogen (secondary N) is 1. The third-order valence-corrected chi connectivity index (χ3v) is 2.85. The standard InChI is InChI=1S/C9H8BrNO3/c10-6-3-5(4-1-2-4)7(9(13)14)11-8(6)12/h3-4H,1-2H2,(H,11,12)(H,13,14). The molecule has 0 aliphatic heterocycles. The van der Waals surface area contributed by atoms with E-state index in [1.807, 2.05) is 0 Å². The van der Waals surface area contributed by atoms with Gasteiger partial charge in [-0.05, 0) is 46.3 Å². The first kappa shape index (κ1) is 9.45. The second-order valence-corrected chi connectivity index (χ2v) is 4.21. The molecule has 2 N–H and O–H groups in total. The predicted octanol–water partition coefficient (Wildman–Crippen LogP) is 1.71. The molecule has 1 aliphatic rings. The summed E-state index contributed by atoms with van der Waals surface area (Å²) in [6.45, 7) is 0. The monoisotopic (exact) mass is 257 g/mol. The fourth-order valence-electron chi connectivity index (χ4n) is 1.41. The number of aromatic nitrogens is 1. The summed E-state index contributed by atoms with van der Waals surface area (Å²) in [4.78, 5) is 24.4. The van der Waals surface area contributed by atoms with Gasteiger partial charge in [-0.25, -0.2) is 4.79 Å². The maximum Gasteiger partial charge on any atom is 0.352 e. The Bertz CT molecular complexity index is 448. The van der Waals surface area contributed by atoms with Crippen LogP contribution in [0, 0.1) is 0 Å². The van der Waals surface area contributed by atoms with Crippen LogP contribution in [-0.4, -0.2) is 16.1 Å². The number of aromatic carboxylic acids is 1. The first-order chi connectivity index (χ1) is 6.59. The quantitative estimate of drug-likeness (QED) is 0.848. The molecule has 74 valence electrons. The zero-order valence-corrected chi connectivity index (χ0v) is 8.80. The van der Waals surface area contributed by atoms with E-state index in [-0.39, 0.29) is 5.69 Å². The van der Waals surface area contributed by atoms with Crippen LogP contribution in [0.3, 0.4) is 0 Å². The van der Waals surface area contributed by atoms with Crippen LogP contribution in [0.5, 0.6) is 0 Å². The summed E-state index contributed by atoms with van der Waals surface area (Å²) in [5, 5.41) is 8.87. The maximum atomic E-state index is 11.2. The first-order valence-electron chi connectivity index (χ1n) is 4.25. The minimum atomic E-state index is -1.07. The van der Waals surface area contributed by atoms with Crippen molar-refractivity contribution >= 4 is 21.9 Å². The lowest BCUT2D eigenvalue weighted by atomic mass is 10.1. The average Bonchev–Trinajstić information content (AvgIpc) is 2.91. The number of carboxylic acid groups (broad SMARTS) is 1. The Morgan fingerprint density at radius 1 is 1.57 bits per heavy atom. The molecule has 0 bridgehead atoms. The van der Waals surface area contributed by atoms with Gasteiger partial charge in [0.05, 0.1) is 4.47 Å². The van der Waals surface area contributed by atoms with Crippen LogP contribution < -0.4 is 5.56 Å². The summed E-state index contributed by atoms with van der Waals surface area (Å²) < 4.78 is 0.393. The number of pyridine rings is 1. The Kier molecular flexibility index (Phi) is 2.19. The Balaban J connectivity index is 2.60. The van der Waals surface area contributed by atoms with Crippen LogP contribution in [0.15, 0.2) is 15.3 Å². The normalized spacial score (nSPS) is 15.5. The number of halogens is 1. The van der Waals surface area contributed by atoms with Gasteiger partial charge in [-0.3, -0.25) is 4.79 Å². The van der Waals surface area contributed by atoms with E-state index in [1.54, 1.807) is 6.07 Å². The van der Waals surface area contributed by atoms with Crippen molar-refractivity contribution in [2.24, 2.45) is 0 Å². The SMILES string of the molecule is O=C(O)c1[nH]c(=O)c(Br)cc1C1CC1. The van der Waals surface area contributed by atoms with Crippen LogP contribution in [0.25, 0.3) is 0 Å². The molecule has 1 aromatic heterocycles. The molecule has 0 amide bonds. The zero-order chi connectivity index (χ0) is 10.3. The second-order valence-electron chi connectivity index (χ2n) is 3.36. The molecule has 1 aromatic rings. The van der Waals surface area contributed by atoms with E-state index in [2.05, 4.69) is 20.9 Å². The van der Waals surface area contributed by atoms with Crippen molar-refractivity contribution in [2.75, 3.05) is 0 Å². The van der Waals surface area contributed by atoms with Gasteiger partial charge in [-0.1, -0.05) is 0 Å². The molecule has 0 spiro atoms. The van der Waals surface area contributed by atoms with Crippen molar-refractivity contribution in [1.29, 1.82) is 0 Å². The molecule has 14 heavy (non-hydrogen) atoms. The summed E-state index contributed by atoms with van der Waals surface area (Å²) in [5.41, 5.74) is 0.358. The minimum absolute atomic E-state index is 0.0284. The molecule has 4 nitrogen and oxygen atoms in total. The molecule has 0 aromatic carbocycles. The van der Waals surface area contributed by atoms with Crippen LogP contribution in [0.2, 0.25) is 0 Å². The van der Waals surface area contributed by atoms with E-state index in [9.17, 15) is 9.59 Å². The van der Waals surface area contributed by atoms with Crippen LogP contribution >= 0.6 is 15.9 Å². The molecule has 1 aliphatic carbocycles. The topological polar surface area (TPSA) is 70.2 Å². The average molecular weight is 258 g/mol. The molecule has 1 saturated carbocycles. The third-order valence-electron chi connectivity index (χ3n) is 2.26. The Labute approximate surface area is 88.1 Å². The van der Waals surface area contributed by atoms with Gasteiger partial charge >= 0.3 is 5.97 Å². The number of hydrogen-bond acceptors (Lipinski definition) is 2. The highest BCUT2D eigenvalue weighted by Gasteiger charge is 2.29. The number of H-pyrrole nitrogens is 1. The van der Waals surface area contributed by atoms with Crippen LogP contribution in [0.1, 0.15) is 34.8 Å². The van der Waals surface area contributed by atoms with E-state index >= 15 is 0 Å². The van der Waals surface area contributed by atoms with E-state index in [0.29, 0.717) is 10.4 Å². The van der Waals surface area contributed by atoms with E-state index in [1.165, 1.54) is 0 Å². The number of carboxylic acids is 1. The van der Waals surface area contributed by atoms with Crippen molar-refractivity contribution in [3.05, 3.63) is 32.2 Å². The third kappa shape index (κ3) is 1.59. The zero-order valence-electron chi connectivity index (χ0n) is 7.21. The number of hydrogen-bond donors (Lipinski definition) is 2. The van der Waals surface area contributed by atoms with Crippen molar-refractivity contribution in [2.45, 2.75) is 18.8 Å². The smallest absolute Gasteiger partial charge is 0.352 e. The largest absolute Gasteiger partial charge is 0.477 e. The van der Waals surface area contributed by atoms with Gasteiger partial charge in [-0.2, -0.15) is 0 Å². The second kappa shape index (κ2) is 3.24. The Hall–Kier alpha value is -1.10. The van der Waals surface area contributed by atoms with E-state index in [4.69, 9.17) is 5.11 Å². The first-order valence-corrected chi connectivity index (χ1v) is 5.05. The van der Waals surface area contributed by atoms with Gasteiger partial charge in [0, 0.05) is 0 Å². The minimum Gasteiger partial charge on any atom is -0.477 e. The van der Waals surface area contributed by atoms with Gasteiger partial charge < -0.3 is 10.1 Å². The fraction of sp³-hybridized carbons (Fsp3) is 0.333. The lowest BCUT2D eigenvalue weighted by molar-refractivity contribution is 0.0688. The lowest BCUT2D eigenvalue weighted by Gasteiger charge is -2.03. The predicted molar refractivity (Wildman–Crippen MR) is 53.7 cm³/mol. The molecule has 0 saturated heterocycles. The van der Waals surface area contributed by atoms with Crippen molar-refractivity contribution in [1.82, 2.24) is 4.98 Å². The number of aromatic amines is 1. The van der Waals surface area contributed by atoms with Gasteiger partial charge in [-0.15, -0.1) is 0 Å². The molecule has 2 rings (SSSR count). The summed E-state index contributed by atoms with van der Waals surface area (Å²) in [6, 6.07) is 1.61. The molecule has 0 unspecified atom stereocenters. The van der Waals surface area contributed by atoms with Gasteiger partial charge in [0.2, 0.25) is 0 Å². The summed E-state index contributed by atoms with van der Waals surface area (Å²) in [7, 11) is 0. The number of rotatable bonds is 2. The van der Waals surface area contributed by atoms with Crippen molar-refractivity contribution < 1.29 is 9.90 Å². The highest BCUT2D eigenvalue weighted by Crippen LogP contribution is 2.41. The summed E-state index contributed by atoms with van der Waals surface area (Å²) in [5.74, 6) is -0.772. The highest BCUT2D eigenvalue weighted by molar-refractivity contribution is 9.10. The summed E-state index contributed by atoms with van der Waals surface area (Å²) in [6.07, 6.45) is 2.00. The summed E-state index contributed by atoms with van der Waals surface area (Å²) >= 11 is 3.09. The van der Waals surface area contributed by atoms with Crippen LogP contribution in [0.4, 0.5) is 0 Å². The van der Waals surface area contributed by atoms with Gasteiger partial charge in [0.25, 0.3) is 5.56 Å². The molecule has 0 radical (unpaired) electrons. The van der Waals surface area contributed by atoms with Crippen molar-refractivity contribution in [3.8, 4) is 0 Å². The fourth-order valence-corrected chi connectivity index (χ4v) is 1.76. The van der Waals surface area contributed by atoms with Crippen molar-refractivity contribution in [3.63, 3.8) is 0 Å². The highest BCUT2D eigenvalue weighted by atomic mass is 79.9. The number of carbonyl (C=O) groups is 1. The van der Waals surface area contributed by atoms with Gasteiger partial charge in [0.15, 0.2) is 0 Å². The molecular weight excluding hydrogens is 250 g/mol. The lowest BCUT2D eigenvalue weighted by Crippen LogP contribution is -2.16. The Morgan fingerprint density at radius 3 is 2.71 bits per heavy atom. The Morgan fingerprint density at radius 2 is 2.21 bits per heavy atom. The van der Waals surface area contributed by atoms with E-state index in [0.717, 1.165) is 18.4 Å². The van der Waals surface area contributed by atoms with Gasteiger partial charge in [0.1, 0.15) is 5.69 Å². The molecule has 1 fully saturated rings. The maximum absolute atomic E-state index is 11.2. The molecule has 1 heterocycles. The molecule has 0 atom stereocenters. The van der Waals surface area contributed by atoms with Crippen LogP contribution in [-0.2, 0) is 0 Å².